The first-order chi connectivity index (χ1) is 13.1. The number of benzene rings is 1. The van der Waals surface area contributed by atoms with Crippen molar-refractivity contribution in [1.82, 2.24) is 10.3 Å². The molecule has 0 aliphatic heterocycles. The summed E-state index contributed by atoms with van der Waals surface area (Å²) in [5.41, 5.74) is 2.42. The topological polar surface area (TPSA) is 68.3 Å². The number of esters is 1. The number of hydrogen-bond donors (Lipinski definition) is 1. The van der Waals surface area contributed by atoms with Crippen molar-refractivity contribution in [1.29, 1.82) is 0 Å². The van der Waals surface area contributed by atoms with Gasteiger partial charge in [-0.1, -0.05) is 42.8 Å². The van der Waals surface area contributed by atoms with Gasteiger partial charge in [0.1, 0.15) is 5.01 Å². The average molecular weight is 401 g/mol. The lowest BCUT2D eigenvalue weighted by atomic mass is 10.0. The molecule has 0 aliphatic carbocycles. The van der Waals surface area contributed by atoms with Crippen molar-refractivity contribution < 1.29 is 14.3 Å². The highest BCUT2D eigenvalue weighted by Crippen LogP contribution is 2.28. The molecule has 0 fully saturated rings. The molecule has 1 aromatic carbocycles. The summed E-state index contributed by atoms with van der Waals surface area (Å²) in [7, 11) is 0. The molecule has 27 heavy (non-hydrogen) atoms. The van der Waals surface area contributed by atoms with Gasteiger partial charge in [-0.15, -0.1) is 22.7 Å². The number of aryl methyl sites for hydroxylation is 1. The number of carbonyl (C=O) groups is 2. The van der Waals surface area contributed by atoms with E-state index in [1.165, 1.54) is 16.9 Å². The molecule has 5 nitrogen and oxygen atoms in total. The van der Waals surface area contributed by atoms with E-state index in [9.17, 15) is 9.59 Å². The molecular weight excluding hydrogens is 380 g/mol. The van der Waals surface area contributed by atoms with Crippen LogP contribution in [0.5, 0.6) is 0 Å². The number of nitrogens with one attached hydrogen (secondary N) is 1. The first-order valence-electron chi connectivity index (χ1n) is 8.59. The Hall–Kier alpha value is -2.51. The van der Waals surface area contributed by atoms with Crippen LogP contribution >= 0.6 is 22.7 Å². The van der Waals surface area contributed by atoms with Crippen LogP contribution in [0.4, 0.5) is 0 Å². The number of carbonyl (C=O) groups excluding carboxylic acids is 2. The quantitative estimate of drug-likeness (QED) is 0.588. The van der Waals surface area contributed by atoms with Crippen molar-refractivity contribution >= 4 is 34.6 Å². The van der Waals surface area contributed by atoms with E-state index in [0.717, 1.165) is 21.9 Å². The monoisotopic (exact) mass is 400 g/mol. The van der Waals surface area contributed by atoms with E-state index in [1.54, 1.807) is 16.7 Å². The van der Waals surface area contributed by atoms with Gasteiger partial charge in [-0.3, -0.25) is 4.79 Å². The van der Waals surface area contributed by atoms with Crippen LogP contribution in [0.3, 0.4) is 0 Å². The second-order valence-corrected chi connectivity index (χ2v) is 7.84. The number of aromatic nitrogens is 1. The summed E-state index contributed by atoms with van der Waals surface area (Å²) in [6.07, 6.45) is 0.749. The summed E-state index contributed by atoms with van der Waals surface area (Å²) < 4.78 is 5.12. The molecule has 1 atom stereocenters. The van der Waals surface area contributed by atoms with E-state index in [-0.39, 0.29) is 24.2 Å². The van der Waals surface area contributed by atoms with Gasteiger partial charge in [0.05, 0.1) is 10.9 Å². The Balaban J connectivity index is 1.53. The Morgan fingerprint density at radius 1 is 1.19 bits per heavy atom. The number of amides is 1. The molecule has 0 radical (unpaired) electrons. The van der Waals surface area contributed by atoms with Gasteiger partial charge in [0, 0.05) is 5.38 Å². The van der Waals surface area contributed by atoms with Gasteiger partial charge in [0.15, 0.2) is 12.3 Å². The van der Waals surface area contributed by atoms with Crippen LogP contribution in [-0.2, 0) is 9.53 Å². The fourth-order valence-electron chi connectivity index (χ4n) is 2.54. The maximum Gasteiger partial charge on any atom is 0.358 e. The van der Waals surface area contributed by atoms with E-state index >= 15 is 0 Å². The van der Waals surface area contributed by atoms with Crippen LogP contribution in [0.2, 0.25) is 0 Å². The summed E-state index contributed by atoms with van der Waals surface area (Å²) in [5.74, 6) is -0.919. The summed E-state index contributed by atoms with van der Waals surface area (Å²) in [6.45, 7) is 3.69. The summed E-state index contributed by atoms with van der Waals surface area (Å²) in [4.78, 5) is 29.6. The van der Waals surface area contributed by atoms with Crippen molar-refractivity contribution in [3.05, 3.63) is 64.0 Å². The number of rotatable bonds is 7. The second kappa shape index (κ2) is 8.92. The third kappa shape index (κ3) is 5.02. The van der Waals surface area contributed by atoms with E-state index in [4.69, 9.17) is 4.74 Å². The van der Waals surface area contributed by atoms with Gasteiger partial charge >= 0.3 is 5.97 Å². The zero-order chi connectivity index (χ0) is 19.2. The Kier molecular flexibility index (Phi) is 6.36. The molecule has 7 heteroatoms. The van der Waals surface area contributed by atoms with E-state index < -0.39 is 5.97 Å². The molecule has 2 heterocycles. The minimum atomic E-state index is -0.590. The Labute approximate surface area is 166 Å². The number of hydrogen-bond acceptors (Lipinski definition) is 6. The lowest BCUT2D eigenvalue weighted by molar-refractivity contribution is -0.125. The minimum Gasteiger partial charge on any atom is -0.451 e. The molecule has 0 unspecified atom stereocenters. The van der Waals surface area contributed by atoms with Crippen LogP contribution in [0, 0.1) is 6.92 Å². The smallest absolute Gasteiger partial charge is 0.358 e. The molecule has 1 N–H and O–H groups in total. The molecule has 140 valence electrons. The van der Waals surface area contributed by atoms with Gasteiger partial charge < -0.3 is 10.1 Å². The van der Waals surface area contributed by atoms with E-state index in [2.05, 4.69) is 10.3 Å². The molecule has 3 aromatic rings. The molecule has 3 rings (SSSR count). The fraction of sp³-hybridized carbons (Fsp3) is 0.250. The molecule has 0 saturated heterocycles. The molecular formula is C20H20N2O3S2. The molecule has 2 aromatic heterocycles. The average Bonchev–Trinajstić information content (AvgIpc) is 3.36. The highest BCUT2D eigenvalue weighted by molar-refractivity contribution is 7.20. The zero-order valence-corrected chi connectivity index (χ0v) is 16.7. The normalized spacial score (nSPS) is 11.8. The van der Waals surface area contributed by atoms with Crippen LogP contribution in [-0.4, -0.2) is 23.5 Å². The lowest BCUT2D eigenvalue weighted by Crippen LogP contribution is -2.32. The highest BCUT2D eigenvalue weighted by atomic mass is 32.1. The van der Waals surface area contributed by atoms with Crippen LogP contribution < -0.4 is 5.32 Å². The van der Waals surface area contributed by atoms with E-state index in [0.29, 0.717) is 0 Å². The third-order valence-corrected chi connectivity index (χ3v) is 5.88. The first-order valence-corrected chi connectivity index (χ1v) is 10.3. The molecule has 0 bridgehead atoms. The van der Waals surface area contributed by atoms with E-state index in [1.807, 2.05) is 55.6 Å². The number of ether oxygens (including phenoxy) is 1. The summed E-state index contributed by atoms with van der Waals surface area (Å²) in [6, 6.07) is 11.8. The largest absolute Gasteiger partial charge is 0.451 e. The second-order valence-electron chi connectivity index (χ2n) is 6.03. The maximum absolute atomic E-state index is 12.2. The Morgan fingerprint density at radius 3 is 2.63 bits per heavy atom. The molecule has 0 aliphatic rings. The lowest BCUT2D eigenvalue weighted by Gasteiger charge is -2.17. The molecule has 0 spiro atoms. The van der Waals surface area contributed by atoms with Crippen LogP contribution in [0.1, 0.15) is 41.0 Å². The van der Waals surface area contributed by atoms with Gasteiger partial charge in [0.25, 0.3) is 5.91 Å². The number of nitrogens with zero attached hydrogens (tertiary/aromatic N) is 1. The standard InChI is InChI=1S/C20H20N2O3S2/c1-3-15(14-8-6-13(2)7-9-14)21-18(23)11-25-20(24)16-12-27-19(22-16)17-5-4-10-26-17/h4-10,12,15H,3,11H2,1-2H3,(H,21,23)/t15-/m0/s1. The van der Waals surface area contributed by atoms with Crippen LogP contribution in [0.25, 0.3) is 9.88 Å². The van der Waals surface area contributed by atoms with Gasteiger partial charge in [-0.2, -0.15) is 0 Å². The van der Waals surface area contributed by atoms with Crippen molar-refractivity contribution in [3.63, 3.8) is 0 Å². The van der Waals surface area contributed by atoms with Crippen molar-refractivity contribution in [2.24, 2.45) is 0 Å². The van der Waals surface area contributed by atoms with Gasteiger partial charge in [0.2, 0.25) is 0 Å². The predicted octanol–water partition coefficient (Wildman–Crippen LogP) is 4.60. The highest BCUT2D eigenvalue weighted by Gasteiger charge is 2.17. The van der Waals surface area contributed by atoms with Crippen molar-refractivity contribution in [3.8, 4) is 9.88 Å². The Bertz CT molecular complexity index is 902. The van der Waals surface area contributed by atoms with Gasteiger partial charge in [-0.05, 0) is 30.4 Å². The first kappa shape index (κ1) is 19.3. The fourth-order valence-corrected chi connectivity index (χ4v) is 4.15. The van der Waals surface area contributed by atoms with Crippen LogP contribution in [0.15, 0.2) is 47.2 Å². The van der Waals surface area contributed by atoms with Gasteiger partial charge in [-0.25, -0.2) is 9.78 Å². The third-order valence-electron chi connectivity index (χ3n) is 4.00. The predicted molar refractivity (Wildman–Crippen MR) is 108 cm³/mol. The van der Waals surface area contributed by atoms with Crippen molar-refractivity contribution in [2.75, 3.05) is 6.61 Å². The maximum atomic E-state index is 12.2. The SMILES string of the molecule is CC[C@H](NC(=O)COC(=O)c1csc(-c2cccs2)n1)c1ccc(C)cc1. The zero-order valence-electron chi connectivity index (χ0n) is 15.1. The van der Waals surface area contributed by atoms with Crippen molar-refractivity contribution in [2.45, 2.75) is 26.3 Å². The molecule has 1 amide bonds. The summed E-state index contributed by atoms with van der Waals surface area (Å²) >= 11 is 2.94. The molecule has 0 saturated carbocycles. The minimum absolute atomic E-state index is 0.110. The number of thiazole rings is 1. The summed E-state index contributed by atoms with van der Waals surface area (Å²) in [5, 5.41) is 7.28. The number of thiophene rings is 1. The Morgan fingerprint density at radius 2 is 1.96 bits per heavy atom.